The van der Waals surface area contributed by atoms with Crippen molar-refractivity contribution in [1.29, 1.82) is 0 Å². The lowest BCUT2D eigenvalue weighted by Gasteiger charge is -2.37. The number of piperazine rings is 1. The summed E-state index contributed by atoms with van der Waals surface area (Å²) in [6, 6.07) is 4.25. The number of fused-ring (bicyclic) bond motifs is 1. The van der Waals surface area contributed by atoms with Crippen molar-refractivity contribution in [2.75, 3.05) is 26.2 Å². The monoisotopic (exact) mass is 231 g/mol. The van der Waals surface area contributed by atoms with Crippen LogP contribution in [0.2, 0.25) is 0 Å². The lowest BCUT2D eigenvalue weighted by Crippen LogP contribution is -2.52. The average Bonchev–Trinajstić information content (AvgIpc) is 2.86. The van der Waals surface area contributed by atoms with Gasteiger partial charge in [-0.05, 0) is 31.5 Å². The first-order valence-corrected chi connectivity index (χ1v) is 6.28. The molecule has 1 aromatic rings. The summed E-state index contributed by atoms with van der Waals surface area (Å²) < 4.78 is 0. The second-order valence-corrected chi connectivity index (χ2v) is 4.82. The predicted octanol–water partition coefficient (Wildman–Crippen LogP) is 1.00. The van der Waals surface area contributed by atoms with Crippen molar-refractivity contribution < 1.29 is 4.79 Å². The van der Waals surface area contributed by atoms with Crippen LogP contribution < -0.4 is 0 Å². The van der Waals surface area contributed by atoms with Crippen LogP contribution in [0.1, 0.15) is 23.2 Å². The van der Waals surface area contributed by atoms with Crippen LogP contribution in [-0.4, -0.2) is 52.9 Å². The molecule has 1 atom stereocenters. The number of amides is 1. The van der Waals surface area contributed by atoms with Crippen LogP contribution in [-0.2, 0) is 0 Å². The fourth-order valence-electron chi connectivity index (χ4n) is 2.85. The van der Waals surface area contributed by atoms with E-state index in [-0.39, 0.29) is 5.91 Å². The summed E-state index contributed by atoms with van der Waals surface area (Å²) >= 11 is 0. The van der Waals surface area contributed by atoms with Crippen LogP contribution in [0.15, 0.2) is 24.5 Å². The fraction of sp³-hybridized carbons (Fsp3) is 0.538. The van der Waals surface area contributed by atoms with Gasteiger partial charge in [0.15, 0.2) is 0 Å². The summed E-state index contributed by atoms with van der Waals surface area (Å²) in [6.07, 6.45) is 5.87. The van der Waals surface area contributed by atoms with E-state index in [9.17, 15) is 4.79 Å². The lowest BCUT2D eigenvalue weighted by molar-refractivity contribution is 0.0571. The number of pyridine rings is 1. The second kappa shape index (κ2) is 4.45. The highest BCUT2D eigenvalue weighted by Crippen LogP contribution is 2.22. The minimum Gasteiger partial charge on any atom is -0.336 e. The van der Waals surface area contributed by atoms with Crippen LogP contribution in [0.5, 0.6) is 0 Å². The number of nitrogens with zero attached hydrogens (tertiary/aromatic N) is 3. The van der Waals surface area contributed by atoms with E-state index >= 15 is 0 Å². The van der Waals surface area contributed by atoms with E-state index in [4.69, 9.17) is 0 Å². The van der Waals surface area contributed by atoms with Crippen molar-refractivity contribution in [1.82, 2.24) is 14.8 Å². The predicted molar refractivity (Wildman–Crippen MR) is 64.7 cm³/mol. The number of carbonyl (C=O) groups is 1. The Balaban J connectivity index is 1.71. The zero-order valence-electron chi connectivity index (χ0n) is 9.88. The summed E-state index contributed by atoms with van der Waals surface area (Å²) in [6.45, 7) is 3.97. The molecule has 0 N–H and O–H groups in total. The number of hydrogen-bond acceptors (Lipinski definition) is 3. The van der Waals surface area contributed by atoms with E-state index in [1.54, 1.807) is 12.4 Å². The van der Waals surface area contributed by atoms with Gasteiger partial charge in [0.2, 0.25) is 0 Å². The molecule has 0 saturated carbocycles. The molecule has 1 amide bonds. The first-order valence-electron chi connectivity index (χ1n) is 6.28. The topological polar surface area (TPSA) is 36.4 Å². The zero-order valence-corrected chi connectivity index (χ0v) is 9.88. The van der Waals surface area contributed by atoms with Crippen molar-refractivity contribution in [2.24, 2.45) is 0 Å². The third-order valence-electron chi connectivity index (χ3n) is 3.78. The highest BCUT2D eigenvalue weighted by atomic mass is 16.2. The van der Waals surface area contributed by atoms with E-state index in [2.05, 4.69) is 9.88 Å². The molecule has 4 nitrogen and oxygen atoms in total. The molecule has 2 aliphatic heterocycles. The van der Waals surface area contributed by atoms with Crippen LogP contribution in [0, 0.1) is 0 Å². The molecule has 0 aliphatic carbocycles. The van der Waals surface area contributed by atoms with Crippen molar-refractivity contribution in [3.8, 4) is 0 Å². The standard InChI is InChI=1S/C13H17N3O/c17-13(11-3-1-5-14-9-11)16-8-7-15-6-2-4-12(15)10-16/h1,3,5,9,12H,2,4,6-8,10H2. The quantitative estimate of drug-likeness (QED) is 0.723. The molecule has 90 valence electrons. The molecule has 0 spiro atoms. The first kappa shape index (κ1) is 10.7. The van der Waals surface area contributed by atoms with Gasteiger partial charge in [-0.25, -0.2) is 0 Å². The summed E-state index contributed by atoms with van der Waals surface area (Å²) in [7, 11) is 0. The smallest absolute Gasteiger partial charge is 0.255 e. The van der Waals surface area contributed by atoms with Crippen LogP contribution in [0.25, 0.3) is 0 Å². The Hall–Kier alpha value is -1.42. The molecule has 2 saturated heterocycles. The van der Waals surface area contributed by atoms with E-state index < -0.39 is 0 Å². The SMILES string of the molecule is O=C(c1cccnc1)N1CCN2CCCC2C1. The molecule has 3 rings (SSSR count). The highest BCUT2D eigenvalue weighted by molar-refractivity contribution is 5.93. The fourth-order valence-corrected chi connectivity index (χ4v) is 2.85. The van der Waals surface area contributed by atoms with Crippen molar-refractivity contribution >= 4 is 5.91 Å². The maximum Gasteiger partial charge on any atom is 0.255 e. The minimum absolute atomic E-state index is 0.129. The molecule has 3 heterocycles. The highest BCUT2D eigenvalue weighted by Gasteiger charge is 2.32. The van der Waals surface area contributed by atoms with Crippen molar-refractivity contribution in [3.05, 3.63) is 30.1 Å². The van der Waals surface area contributed by atoms with Gasteiger partial charge in [-0.2, -0.15) is 0 Å². The Morgan fingerprint density at radius 1 is 1.35 bits per heavy atom. The van der Waals surface area contributed by atoms with E-state index in [1.807, 2.05) is 17.0 Å². The van der Waals surface area contributed by atoms with E-state index in [0.29, 0.717) is 11.6 Å². The maximum absolute atomic E-state index is 12.3. The molecular weight excluding hydrogens is 214 g/mol. The average molecular weight is 231 g/mol. The first-order chi connectivity index (χ1) is 8.34. The number of aromatic nitrogens is 1. The molecule has 0 aromatic carbocycles. The van der Waals surface area contributed by atoms with Gasteiger partial charge in [0.1, 0.15) is 0 Å². The van der Waals surface area contributed by atoms with Crippen molar-refractivity contribution in [2.45, 2.75) is 18.9 Å². The van der Waals surface area contributed by atoms with Crippen LogP contribution >= 0.6 is 0 Å². The lowest BCUT2D eigenvalue weighted by atomic mass is 10.1. The van der Waals surface area contributed by atoms with Gasteiger partial charge in [0.25, 0.3) is 5.91 Å². The molecule has 0 radical (unpaired) electrons. The third-order valence-corrected chi connectivity index (χ3v) is 3.78. The van der Waals surface area contributed by atoms with Crippen LogP contribution in [0.4, 0.5) is 0 Å². The summed E-state index contributed by atoms with van der Waals surface area (Å²) in [5.41, 5.74) is 0.707. The molecule has 1 unspecified atom stereocenters. The Kier molecular flexibility index (Phi) is 2.81. The summed E-state index contributed by atoms with van der Waals surface area (Å²) in [5, 5.41) is 0. The van der Waals surface area contributed by atoms with Crippen molar-refractivity contribution in [3.63, 3.8) is 0 Å². The van der Waals surface area contributed by atoms with E-state index in [0.717, 1.165) is 19.6 Å². The molecule has 17 heavy (non-hydrogen) atoms. The van der Waals surface area contributed by atoms with Gasteiger partial charge < -0.3 is 4.90 Å². The Morgan fingerprint density at radius 2 is 2.29 bits per heavy atom. The van der Waals surface area contributed by atoms with Gasteiger partial charge in [0.05, 0.1) is 5.56 Å². The largest absolute Gasteiger partial charge is 0.336 e. The van der Waals surface area contributed by atoms with Gasteiger partial charge in [0, 0.05) is 38.1 Å². The minimum atomic E-state index is 0.129. The normalized spacial score (nSPS) is 24.7. The molecular formula is C13H17N3O. The molecule has 4 heteroatoms. The molecule has 1 aromatic heterocycles. The van der Waals surface area contributed by atoms with Gasteiger partial charge in [-0.15, -0.1) is 0 Å². The second-order valence-electron chi connectivity index (χ2n) is 4.82. The third kappa shape index (κ3) is 2.05. The Bertz CT molecular complexity index is 406. The number of rotatable bonds is 1. The van der Waals surface area contributed by atoms with E-state index in [1.165, 1.54) is 19.4 Å². The van der Waals surface area contributed by atoms with Gasteiger partial charge in [-0.1, -0.05) is 0 Å². The van der Waals surface area contributed by atoms with Gasteiger partial charge in [-0.3, -0.25) is 14.7 Å². The van der Waals surface area contributed by atoms with Crippen LogP contribution in [0.3, 0.4) is 0 Å². The number of carbonyl (C=O) groups excluding carboxylic acids is 1. The Labute approximate surface area is 101 Å². The Morgan fingerprint density at radius 3 is 3.12 bits per heavy atom. The summed E-state index contributed by atoms with van der Waals surface area (Å²) in [4.78, 5) is 20.7. The molecule has 0 bridgehead atoms. The molecule has 2 aliphatic rings. The zero-order chi connectivity index (χ0) is 11.7. The number of hydrogen-bond donors (Lipinski definition) is 0. The maximum atomic E-state index is 12.3. The molecule has 2 fully saturated rings. The van der Waals surface area contributed by atoms with Gasteiger partial charge >= 0.3 is 0 Å². The summed E-state index contributed by atoms with van der Waals surface area (Å²) in [5.74, 6) is 0.129.